The van der Waals surface area contributed by atoms with Crippen LogP contribution in [0.1, 0.15) is 12.8 Å². The van der Waals surface area contributed by atoms with E-state index >= 15 is 0 Å². The quantitative estimate of drug-likeness (QED) is 0.781. The molecule has 2 heterocycles. The van der Waals surface area contributed by atoms with E-state index < -0.39 is 0 Å². The van der Waals surface area contributed by atoms with Crippen LogP contribution in [0.3, 0.4) is 0 Å². The van der Waals surface area contributed by atoms with E-state index in [9.17, 15) is 4.79 Å². The van der Waals surface area contributed by atoms with E-state index in [1.807, 2.05) is 0 Å². The van der Waals surface area contributed by atoms with Gasteiger partial charge in [0.2, 0.25) is 5.91 Å². The van der Waals surface area contributed by atoms with Gasteiger partial charge in [-0.2, -0.15) is 5.21 Å². The van der Waals surface area contributed by atoms with E-state index in [0.717, 1.165) is 25.1 Å². The van der Waals surface area contributed by atoms with Crippen LogP contribution in [-0.4, -0.2) is 39.1 Å². The maximum atomic E-state index is 11.9. The highest BCUT2D eigenvalue weighted by atomic mass is 35.5. The van der Waals surface area contributed by atoms with E-state index in [-0.39, 0.29) is 30.4 Å². The summed E-state index contributed by atoms with van der Waals surface area (Å²) in [7, 11) is 0. The van der Waals surface area contributed by atoms with Crippen molar-refractivity contribution in [1.82, 2.24) is 25.9 Å². The van der Waals surface area contributed by atoms with Crippen LogP contribution in [0.15, 0.2) is 24.3 Å². The van der Waals surface area contributed by atoms with E-state index in [1.165, 1.54) is 0 Å². The van der Waals surface area contributed by atoms with Gasteiger partial charge in [-0.15, -0.1) is 12.4 Å². The lowest BCUT2D eigenvalue weighted by molar-refractivity contribution is -0.117. The molecule has 8 nitrogen and oxygen atoms in total. The maximum absolute atomic E-state index is 11.9. The Labute approximate surface area is 127 Å². The number of amides is 1. The first-order chi connectivity index (χ1) is 9.81. The number of halogens is 1. The summed E-state index contributed by atoms with van der Waals surface area (Å²) in [5.74, 6) is 0.567. The number of carbonyl (C=O) groups excluding carboxylic acids is 1. The average Bonchev–Trinajstić information content (AvgIpc) is 3.13. The number of H-pyrrole nitrogens is 1. The molecule has 1 unspecified atom stereocenters. The summed E-state index contributed by atoms with van der Waals surface area (Å²) in [6.45, 7) is 0.898. The third-order valence-corrected chi connectivity index (χ3v) is 3.03. The molecule has 0 spiro atoms. The summed E-state index contributed by atoms with van der Waals surface area (Å²) >= 11 is 0. The molecule has 3 N–H and O–H groups in total. The standard InChI is InChI=1S/C12H14N6O2.ClH/c19-11(10-2-1-7-13-10)14-8-3-5-9(6-4-8)20-12-15-17-18-16-12;/h3-6,10,13H,1-2,7H2,(H,14,19)(H,15,16,17,18);1H. The first kappa shape index (κ1) is 15.2. The average molecular weight is 311 g/mol. The fourth-order valence-corrected chi connectivity index (χ4v) is 2.05. The minimum Gasteiger partial charge on any atom is -0.422 e. The number of anilines is 1. The highest BCUT2D eigenvalue weighted by Gasteiger charge is 2.21. The Balaban J connectivity index is 0.00000161. The third-order valence-electron chi connectivity index (χ3n) is 3.03. The second-order valence-corrected chi connectivity index (χ2v) is 4.46. The Kier molecular flexibility index (Phi) is 5.07. The van der Waals surface area contributed by atoms with Crippen molar-refractivity contribution in [1.29, 1.82) is 0 Å². The molecule has 1 saturated heterocycles. The highest BCUT2D eigenvalue weighted by molar-refractivity contribution is 5.95. The molecule has 3 rings (SSSR count). The number of ether oxygens (including phenoxy) is 1. The fraction of sp³-hybridized carbons (Fsp3) is 0.333. The van der Waals surface area contributed by atoms with E-state index in [2.05, 4.69) is 31.3 Å². The third kappa shape index (κ3) is 3.89. The number of nitrogens with one attached hydrogen (secondary N) is 3. The van der Waals surface area contributed by atoms with Gasteiger partial charge in [-0.25, -0.2) is 0 Å². The van der Waals surface area contributed by atoms with Gasteiger partial charge in [-0.05, 0) is 48.9 Å². The lowest BCUT2D eigenvalue weighted by Gasteiger charge is -2.11. The van der Waals surface area contributed by atoms with Gasteiger partial charge in [0.1, 0.15) is 5.75 Å². The summed E-state index contributed by atoms with van der Waals surface area (Å²) in [6.07, 6.45) is 1.92. The van der Waals surface area contributed by atoms with Crippen LogP contribution < -0.4 is 15.4 Å². The van der Waals surface area contributed by atoms with Crippen molar-refractivity contribution >= 4 is 24.0 Å². The zero-order valence-electron chi connectivity index (χ0n) is 11.1. The number of hydrogen-bond acceptors (Lipinski definition) is 6. The zero-order valence-corrected chi connectivity index (χ0v) is 11.9. The van der Waals surface area contributed by atoms with Gasteiger partial charge in [0.25, 0.3) is 0 Å². The van der Waals surface area contributed by atoms with E-state index in [0.29, 0.717) is 5.75 Å². The summed E-state index contributed by atoms with van der Waals surface area (Å²) in [4.78, 5) is 11.9. The number of nitrogens with zero attached hydrogens (tertiary/aromatic N) is 3. The van der Waals surface area contributed by atoms with Gasteiger partial charge >= 0.3 is 6.01 Å². The number of hydrogen-bond donors (Lipinski definition) is 3. The monoisotopic (exact) mass is 310 g/mol. The van der Waals surface area contributed by atoms with E-state index in [4.69, 9.17) is 4.74 Å². The summed E-state index contributed by atoms with van der Waals surface area (Å²) in [6, 6.07) is 7.05. The number of aromatic amines is 1. The van der Waals surface area contributed by atoms with Gasteiger partial charge < -0.3 is 15.4 Å². The van der Waals surface area contributed by atoms with Gasteiger partial charge in [0.05, 0.1) is 6.04 Å². The van der Waals surface area contributed by atoms with Crippen LogP contribution in [-0.2, 0) is 4.79 Å². The Morgan fingerprint density at radius 2 is 2.14 bits per heavy atom. The minimum atomic E-state index is -0.0924. The molecule has 2 aromatic rings. The second-order valence-electron chi connectivity index (χ2n) is 4.46. The van der Waals surface area contributed by atoms with Crippen molar-refractivity contribution in [3.8, 4) is 11.8 Å². The molecule has 9 heteroatoms. The molecule has 0 saturated carbocycles. The lowest BCUT2D eigenvalue weighted by Crippen LogP contribution is -2.35. The summed E-state index contributed by atoms with van der Waals surface area (Å²) in [5, 5.41) is 19.1. The predicted molar refractivity (Wildman–Crippen MR) is 77.6 cm³/mol. The molecule has 1 fully saturated rings. The van der Waals surface area contributed by atoms with Crippen LogP contribution in [0.25, 0.3) is 0 Å². The van der Waals surface area contributed by atoms with Crippen LogP contribution in [0, 0.1) is 0 Å². The van der Waals surface area contributed by atoms with Crippen LogP contribution in [0.2, 0.25) is 0 Å². The molecule has 1 aliphatic heterocycles. The molecule has 112 valence electrons. The molecule has 1 atom stereocenters. The molecular formula is C12H15ClN6O2. The van der Waals surface area contributed by atoms with Gasteiger partial charge in [-0.3, -0.25) is 4.79 Å². The number of tetrazole rings is 1. The van der Waals surface area contributed by atoms with Crippen molar-refractivity contribution in [2.24, 2.45) is 0 Å². The fourth-order valence-electron chi connectivity index (χ4n) is 2.05. The van der Waals surface area contributed by atoms with Gasteiger partial charge in [0, 0.05) is 5.69 Å². The SMILES string of the molecule is Cl.O=C(Nc1ccc(Oc2nn[nH]n2)cc1)C1CCCN1. The van der Waals surface area contributed by atoms with Crippen molar-refractivity contribution < 1.29 is 9.53 Å². The Morgan fingerprint density at radius 1 is 1.33 bits per heavy atom. The topological polar surface area (TPSA) is 105 Å². The van der Waals surface area contributed by atoms with Gasteiger partial charge in [-0.1, -0.05) is 10.2 Å². The Hall–Kier alpha value is -2.19. The number of aromatic nitrogens is 4. The van der Waals surface area contributed by atoms with Crippen LogP contribution >= 0.6 is 12.4 Å². The number of carbonyl (C=O) groups is 1. The first-order valence-corrected chi connectivity index (χ1v) is 6.37. The zero-order chi connectivity index (χ0) is 13.8. The molecule has 1 aromatic heterocycles. The number of rotatable bonds is 4. The smallest absolute Gasteiger partial charge is 0.361 e. The Morgan fingerprint density at radius 3 is 2.76 bits per heavy atom. The molecular weight excluding hydrogens is 296 g/mol. The van der Waals surface area contributed by atoms with Crippen LogP contribution in [0.5, 0.6) is 11.8 Å². The van der Waals surface area contributed by atoms with Crippen molar-refractivity contribution in [3.63, 3.8) is 0 Å². The largest absolute Gasteiger partial charge is 0.422 e. The molecule has 0 bridgehead atoms. The van der Waals surface area contributed by atoms with Crippen LogP contribution in [0.4, 0.5) is 5.69 Å². The van der Waals surface area contributed by atoms with Crippen molar-refractivity contribution in [2.45, 2.75) is 18.9 Å². The normalized spacial score (nSPS) is 17.0. The molecule has 0 aliphatic carbocycles. The highest BCUT2D eigenvalue weighted by Crippen LogP contribution is 2.20. The first-order valence-electron chi connectivity index (χ1n) is 6.37. The molecule has 21 heavy (non-hydrogen) atoms. The molecule has 1 amide bonds. The molecule has 1 aliphatic rings. The van der Waals surface area contributed by atoms with E-state index in [1.54, 1.807) is 24.3 Å². The second kappa shape index (κ2) is 7.00. The molecule has 1 aromatic carbocycles. The molecule has 0 radical (unpaired) electrons. The van der Waals surface area contributed by atoms with Crippen molar-refractivity contribution in [2.75, 3.05) is 11.9 Å². The van der Waals surface area contributed by atoms with Gasteiger partial charge in [0.15, 0.2) is 0 Å². The minimum absolute atomic E-state index is 0. The van der Waals surface area contributed by atoms with Crippen molar-refractivity contribution in [3.05, 3.63) is 24.3 Å². The summed E-state index contributed by atoms with van der Waals surface area (Å²) in [5.41, 5.74) is 0.726. The maximum Gasteiger partial charge on any atom is 0.361 e. The summed E-state index contributed by atoms with van der Waals surface area (Å²) < 4.78 is 5.34. The Bertz CT molecular complexity index is 568. The predicted octanol–water partition coefficient (Wildman–Crippen LogP) is 1.10. The number of benzene rings is 1. The lowest BCUT2D eigenvalue weighted by atomic mass is 10.2.